The summed E-state index contributed by atoms with van der Waals surface area (Å²) in [4.78, 5) is 10.2. The van der Waals surface area contributed by atoms with Gasteiger partial charge in [-0.05, 0) is 31.2 Å². The molecule has 18 heavy (non-hydrogen) atoms. The number of hydrogen-bond donors (Lipinski definition) is 0. The van der Waals surface area contributed by atoms with Crippen molar-refractivity contribution in [3.05, 3.63) is 30.5 Å². The maximum Gasteiger partial charge on any atom is 0.267 e. The second-order valence-corrected chi connectivity index (χ2v) is 4.76. The Balaban J connectivity index is 2.00. The first kappa shape index (κ1) is 11.3. The fraction of sp³-hybridized carbons (Fsp3) is 0.385. The first-order chi connectivity index (χ1) is 8.55. The second kappa shape index (κ2) is 3.86. The van der Waals surface area contributed by atoms with Crippen LogP contribution in [0.5, 0.6) is 0 Å². The van der Waals surface area contributed by atoms with Crippen molar-refractivity contribution in [2.24, 2.45) is 0 Å². The molecule has 3 heterocycles. The molecule has 1 atom stereocenters. The van der Waals surface area contributed by atoms with Crippen LogP contribution in [0.4, 0.5) is 14.6 Å². The Morgan fingerprint density at radius 3 is 2.89 bits per heavy atom. The van der Waals surface area contributed by atoms with Gasteiger partial charge in [0.2, 0.25) is 0 Å². The summed E-state index contributed by atoms with van der Waals surface area (Å²) in [6.07, 6.45) is 1.54. The maximum absolute atomic E-state index is 13.4. The van der Waals surface area contributed by atoms with Gasteiger partial charge in [-0.2, -0.15) is 0 Å². The number of hydrogen-bond acceptors (Lipinski definition) is 3. The lowest BCUT2D eigenvalue weighted by Gasteiger charge is -2.21. The van der Waals surface area contributed by atoms with E-state index in [-0.39, 0.29) is 19.0 Å². The molecule has 0 N–H and O–H groups in total. The highest BCUT2D eigenvalue weighted by Gasteiger charge is 2.43. The monoisotopic (exact) mass is 249 g/mol. The van der Waals surface area contributed by atoms with Gasteiger partial charge in [0.1, 0.15) is 5.82 Å². The molecule has 2 aromatic rings. The van der Waals surface area contributed by atoms with E-state index in [1.54, 1.807) is 24.1 Å². The van der Waals surface area contributed by atoms with Crippen molar-refractivity contribution in [1.82, 2.24) is 9.97 Å². The van der Waals surface area contributed by atoms with Crippen molar-refractivity contribution in [2.45, 2.75) is 25.3 Å². The fourth-order valence-corrected chi connectivity index (χ4v) is 2.42. The molecule has 2 aromatic heterocycles. The fourth-order valence-electron chi connectivity index (χ4n) is 2.42. The first-order valence-corrected chi connectivity index (χ1v) is 5.91. The molecular formula is C13H13F2N3. The highest BCUT2D eigenvalue weighted by Crippen LogP contribution is 2.34. The summed E-state index contributed by atoms with van der Waals surface area (Å²) in [7, 11) is 0. The van der Waals surface area contributed by atoms with Gasteiger partial charge >= 0.3 is 0 Å². The molecule has 94 valence electrons. The first-order valence-electron chi connectivity index (χ1n) is 5.91. The van der Waals surface area contributed by atoms with Gasteiger partial charge in [0.05, 0.1) is 6.54 Å². The van der Waals surface area contributed by atoms with Gasteiger partial charge in [0, 0.05) is 24.0 Å². The van der Waals surface area contributed by atoms with Gasteiger partial charge in [-0.3, -0.25) is 0 Å². The van der Waals surface area contributed by atoms with Gasteiger partial charge in [-0.15, -0.1) is 0 Å². The molecule has 0 aliphatic carbocycles. The van der Waals surface area contributed by atoms with E-state index >= 15 is 0 Å². The second-order valence-electron chi connectivity index (χ2n) is 4.76. The summed E-state index contributed by atoms with van der Waals surface area (Å²) in [6, 6.07) is 7.18. The van der Waals surface area contributed by atoms with Crippen molar-refractivity contribution < 1.29 is 8.78 Å². The van der Waals surface area contributed by atoms with Crippen LogP contribution in [-0.4, -0.2) is 28.5 Å². The average Bonchev–Trinajstić information content (AvgIpc) is 2.62. The van der Waals surface area contributed by atoms with Crippen LogP contribution in [0.1, 0.15) is 13.3 Å². The zero-order valence-electron chi connectivity index (χ0n) is 9.98. The zero-order valence-corrected chi connectivity index (χ0v) is 9.98. The minimum absolute atomic E-state index is 0.116. The molecule has 3 rings (SSSR count). The molecule has 0 spiro atoms. The van der Waals surface area contributed by atoms with Crippen molar-refractivity contribution in [2.75, 3.05) is 11.4 Å². The predicted molar refractivity (Wildman–Crippen MR) is 65.9 cm³/mol. The summed E-state index contributed by atoms with van der Waals surface area (Å²) in [6.45, 7) is 1.53. The number of aromatic nitrogens is 2. The van der Waals surface area contributed by atoms with E-state index in [0.29, 0.717) is 11.5 Å². The van der Waals surface area contributed by atoms with Crippen molar-refractivity contribution in [1.29, 1.82) is 0 Å². The lowest BCUT2D eigenvalue weighted by molar-refractivity contribution is 0.0229. The molecule has 5 heteroatoms. The number of pyridine rings is 2. The number of nitrogens with zero attached hydrogens (tertiary/aromatic N) is 3. The SMILES string of the molecule is CC1CC(F)(F)CN1c1ccc2cccnc2n1. The summed E-state index contributed by atoms with van der Waals surface area (Å²) in [5.74, 6) is -2.05. The molecule has 0 aromatic carbocycles. The molecule has 0 amide bonds. The van der Waals surface area contributed by atoms with Gasteiger partial charge in [-0.25, -0.2) is 18.7 Å². The Morgan fingerprint density at radius 1 is 1.33 bits per heavy atom. The molecular weight excluding hydrogens is 236 g/mol. The normalized spacial score (nSPS) is 22.6. The maximum atomic E-state index is 13.4. The van der Waals surface area contributed by atoms with Crippen molar-refractivity contribution >= 4 is 16.9 Å². The summed E-state index contributed by atoms with van der Waals surface area (Å²) in [5.41, 5.74) is 0.595. The highest BCUT2D eigenvalue weighted by atomic mass is 19.3. The molecule has 0 radical (unpaired) electrons. The van der Waals surface area contributed by atoms with Gasteiger partial charge < -0.3 is 4.90 Å². The Bertz CT molecular complexity index is 585. The van der Waals surface area contributed by atoms with Crippen molar-refractivity contribution in [3.63, 3.8) is 0 Å². The van der Waals surface area contributed by atoms with Crippen molar-refractivity contribution in [3.8, 4) is 0 Å². The summed E-state index contributed by atoms with van der Waals surface area (Å²) in [5, 5.41) is 0.917. The minimum Gasteiger partial charge on any atom is -0.348 e. The van der Waals surface area contributed by atoms with Crippen LogP contribution in [0.25, 0.3) is 11.0 Å². The van der Waals surface area contributed by atoms with E-state index in [9.17, 15) is 8.78 Å². The lowest BCUT2D eigenvalue weighted by atomic mass is 10.2. The van der Waals surface area contributed by atoms with E-state index < -0.39 is 5.92 Å². The van der Waals surface area contributed by atoms with Crippen LogP contribution in [0.15, 0.2) is 30.5 Å². The number of anilines is 1. The Hall–Kier alpha value is -1.78. The van der Waals surface area contributed by atoms with Crippen LogP contribution in [-0.2, 0) is 0 Å². The van der Waals surface area contributed by atoms with Crippen LogP contribution in [0, 0.1) is 0 Å². The molecule has 1 saturated heterocycles. The van der Waals surface area contributed by atoms with Crippen LogP contribution >= 0.6 is 0 Å². The van der Waals surface area contributed by atoms with Gasteiger partial charge in [0.25, 0.3) is 5.92 Å². The van der Waals surface area contributed by atoms with Crippen LogP contribution in [0.3, 0.4) is 0 Å². The number of rotatable bonds is 1. The number of halogens is 2. The summed E-state index contributed by atoms with van der Waals surface area (Å²) < 4.78 is 26.7. The summed E-state index contributed by atoms with van der Waals surface area (Å²) >= 11 is 0. The third-order valence-corrected chi connectivity index (χ3v) is 3.27. The molecule has 1 unspecified atom stereocenters. The number of fused-ring (bicyclic) bond motifs is 1. The molecule has 3 nitrogen and oxygen atoms in total. The predicted octanol–water partition coefficient (Wildman–Crippen LogP) is 2.86. The van der Waals surface area contributed by atoms with E-state index in [1.165, 1.54) is 0 Å². The van der Waals surface area contributed by atoms with E-state index in [1.807, 2.05) is 18.2 Å². The molecule has 0 saturated carbocycles. The largest absolute Gasteiger partial charge is 0.348 e. The minimum atomic E-state index is -2.62. The Kier molecular flexibility index (Phi) is 2.43. The molecule has 0 bridgehead atoms. The topological polar surface area (TPSA) is 29.0 Å². The van der Waals surface area contributed by atoms with E-state index in [2.05, 4.69) is 9.97 Å². The average molecular weight is 249 g/mol. The quantitative estimate of drug-likeness (QED) is 0.778. The van der Waals surface area contributed by atoms with Crippen LogP contribution in [0.2, 0.25) is 0 Å². The Labute approximate surface area is 103 Å². The molecule has 1 fully saturated rings. The third kappa shape index (κ3) is 1.89. The van der Waals surface area contributed by atoms with E-state index in [0.717, 1.165) is 5.39 Å². The molecule has 1 aliphatic heterocycles. The number of alkyl halides is 2. The van der Waals surface area contributed by atoms with Crippen LogP contribution < -0.4 is 4.90 Å². The smallest absolute Gasteiger partial charge is 0.267 e. The van der Waals surface area contributed by atoms with E-state index in [4.69, 9.17) is 0 Å². The van der Waals surface area contributed by atoms with Gasteiger partial charge in [-0.1, -0.05) is 0 Å². The van der Waals surface area contributed by atoms with Gasteiger partial charge in [0.15, 0.2) is 5.65 Å². The standard InChI is InChI=1S/C13H13F2N3/c1-9-7-13(14,15)8-18(9)11-5-4-10-3-2-6-16-12(10)17-11/h2-6,9H,7-8H2,1H3. The molecule has 1 aliphatic rings. The Morgan fingerprint density at radius 2 is 2.17 bits per heavy atom. The highest BCUT2D eigenvalue weighted by molar-refractivity contribution is 5.76. The third-order valence-electron chi connectivity index (χ3n) is 3.27. The lowest BCUT2D eigenvalue weighted by Crippen LogP contribution is -2.29. The zero-order chi connectivity index (χ0) is 12.8.